The first-order valence-corrected chi connectivity index (χ1v) is 15.1. The van der Waals surface area contributed by atoms with Crippen LogP contribution >= 0.6 is 0 Å². The Hall–Kier alpha value is -4.60. The maximum Gasteiger partial charge on any atom is 0.338 e. The van der Waals surface area contributed by atoms with E-state index in [4.69, 9.17) is 29.4 Å². The quantitative estimate of drug-likeness (QED) is 0.250. The van der Waals surface area contributed by atoms with Crippen molar-refractivity contribution in [2.45, 2.75) is 57.1 Å². The summed E-state index contributed by atoms with van der Waals surface area (Å²) in [6.07, 6.45) is 2.96. The number of hydrogen-bond donors (Lipinski definition) is 0. The molecule has 0 spiro atoms. The highest BCUT2D eigenvalue weighted by Crippen LogP contribution is 2.37. The number of nitriles is 1. The lowest BCUT2D eigenvalue weighted by atomic mass is 9.81. The highest BCUT2D eigenvalue weighted by atomic mass is 19.1. The van der Waals surface area contributed by atoms with Crippen LogP contribution in [0.25, 0.3) is 11.0 Å². The van der Waals surface area contributed by atoms with E-state index in [-0.39, 0.29) is 41.4 Å². The molecule has 2 aliphatic heterocycles. The first kappa shape index (κ1) is 29.1. The van der Waals surface area contributed by atoms with Crippen LogP contribution in [0.3, 0.4) is 0 Å². The fraction of sp³-hybridized carbons (Fsp3) is 0.394. The van der Waals surface area contributed by atoms with Crippen LogP contribution in [0.15, 0.2) is 48.5 Å². The molecule has 0 unspecified atom stereocenters. The molecule has 2 aromatic carbocycles. The topological polar surface area (TPSA) is 106 Å². The molecule has 1 saturated carbocycles. The Morgan fingerprint density at radius 2 is 1.91 bits per heavy atom. The molecule has 12 heteroatoms. The summed E-state index contributed by atoms with van der Waals surface area (Å²) < 4.78 is 47.9. The number of rotatable bonds is 9. The Labute approximate surface area is 258 Å². The number of anilines is 1. The molecule has 45 heavy (non-hydrogen) atoms. The molecule has 2 aromatic heterocycles. The van der Waals surface area contributed by atoms with Gasteiger partial charge in [0.05, 0.1) is 49.0 Å². The van der Waals surface area contributed by atoms with E-state index < -0.39 is 17.6 Å². The third-order valence-corrected chi connectivity index (χ3v) is 9.09. The van der Waals surface area contributed by atoms with E-state index in [9.17, 15) is 9.18 Å². The van der Waals surface area contributed by atoms with E-state index >= 15 is 4.39 Å². The number of piperazine rings is 1. The predicted molar refractivity (Wildman–Crippen MR) is 160 cm³/mol. The molecular formula is C33H32F2N6O4. The Morgan fingerprint density at radius 3 is 2.62 bits per heavy atom. The smallest absolute Gasteiger partial charge is 0.338 e. The number of benzene rings is 2. The summed E-state index contributed by atoms with van der Waals surface area (Å²) >= 11 is 0. The number of methoxy groups -OCH3 is 1. The fourth-order valence-corrected chi connectivity index (χ4v) is 6.44. The van der Waals surface area contributed by atoms with E-state index in [2.05, 4.69) is 9.80 Å². The van der Waals surface area contributed by atoms with Crippen molar-refractivity contribution in [3.05, 3.63) is 82.7 Å². The van der Waals surface area contributed by atoms with Crippen LogP contribution < -0.4 is 9.64 Å². The zero-order chi connectivity index (χ0) is 31.1. The van der Waals surface area contributed by atoms with Crippen LogP contribution in [0, 0.1) is 23.0 Å². The number of imidazole rings is 1. The van der Waals surface area contributed by atoms with Crippen molar-refractivity contribution >= 4 is 22.8 Å². The normalized spacial score (nSPS) is 21.0. The molecule has 4 heterocycles. The molecule has 0 amide bonds. The monoisotopic (exact) mass is 614 g/mol. The molecule has 1 aliphatic carbocycles. The highest BCUT2D eigenvalue weighted by Gasteiger charge is 2.44. The lowest BCUT2D eigenvalue weighted by Crippen LogP contribution is -2.64. The van der Waals surface area contributed by atoms with Gasteiger partial charge in [-0.2, -0.15) is 10.2 Å². The van der Waals surface area contributed by atoms with E-state index in [1.807, 2.05) is 22.8 Å². The number of fused-ring (bicyclic) bond motifs is 2. The van der Waals surface area contributed by atoms with E-state index in [1.165, 1.54) is 19.2 Å². The number of pyridine rings is 1. The number of halogens is 2. The lowest BCUT2D eigenvalue weighted by Gasteiger charge is -2.54. The minimum atomic E-state index is -0.595. The molecule has 3 atom stereocenters. The van der Waals surface area contributed by atoms with Crippen molar-refractivity contribution in [2.24, 2.45) is 0 Å². The molecule has 10 nitrogen and oxygen atoms in total. The summed E-state index contributed by atoms with van der Waals surface area (Å²) in [6, 6.07) is 15.2. The van der Waals surface area contributed by atoms with Gasteiger partial charge in [-0.1, -0.05) is 12.1 Å². The molecule has 0 radical (unpaired) electrons. The second-order valence-electron chi connectivity index (χ2n) is 11.7. The molecular weight excluding hydrogens is 582 g/mol. The van der Waals surface area contributed by atoms with Gasteiger partial charge in [0.15, 0.2) is 5.82 Å². The molecule has 3 aliphatic rings. The molecule has 7 rings (SSSR count). The van der Waals surface area contributed by atoms with Gasteiger partial charge in [-0.15, -0.1) is 0 Å². The molecule has 2 saturated heterocycles. The van der Waals surface area contributed by atoms with Gasteiger partial charge < -0.3 is 23.7 Å². The van der Waals surface area contributed by atoms with Crippen LogP contribution in [0.1, 0.15) is 46.6 Å². The van der Waals surface area contributed by atoms with E-state index in [1.54, 1.807) is 24.3 Å². The third kappa shape index (κ3) is 5.58. The standard InChI is InChI=1S/C33H32F2N6O4/c1-43-33(42)22-14-25(35)32-28(15-22)41(17-23-9-12-44-23)30(38-32)18-39-10-11-40(27-8-7-26(27)39)29-3-2-4-31(37-29)45-19-21-6-5-20(16-36)13-24(21)34/h2-6,13-15,23,26-27H,7-12,17-19H2,1H3/t23-,26+,27+/m0/s1. The Morgan fingerprint density at radius 1 is 1.07 bits per heavy atom. The number of esters is 1. The number of carbonyl (C=O) groups excluding carboxylic acids is 1. The van der Waals surface area contributed by atoms with Gasteiger partial charge in [0.2, 0.25) is 5.88 Å². The van der Waals surface area contributed by atoms with Gasteiger partial charge in [0, 0.05) is 43.4 Å². The number of aromatic nitrogens is 3. The number of ether oxygens (including phenoxy) is 3. The van der Waals surface area contributed by atoms with E-state index in [0.29, 0.717) is 36.7 Å². The van der Waals surface area contributed by atoms with Gasteiger partial charge in [0.1, 0.15) is 29.6 Å². The molecule has 3 fully saturated rings. The van der Waals surface area contributed by atoms with Gasteiger partial charge in [-0.05, 0) is 49.6 Å². The van der Waals surface area contributed by atoms with E-state index in [0.717, 1.165) is 44.0 Å². The minimum absolute atomic E-state index is 0.00242. The Kier molecular flexibility index (Phi) is 7.81. The number of hydrogen-bond acceptors (Lipinski definition) is 9. The zero-order valence-electron chi connectivity index (χ0n) is 24.8. The predicted octanol–water partition coefficient (Wildman–Crippen LogP) is 4.59. The van der Waals surface area contributed by atoms with Crippen molar-refractivity contribution in [3.8, 4) is 11.9 Å². The first-order chi connectivity index (χ1) is 21.9. The Balaban J connectivity index is 1.08. The van der Waals surface area contributed by atoms with Crippen LogP contribution in [-0.2, 0) is 29.2 Å². The van der Waals surface area contributed by atoms with Gasteiger partial charge in [0.25, 0.3) is 0 Å². The SMILES string of the molecule is COC(=O)c1cc(F)c2nc(CN3CCN(c4cccc(OCc5ccc(C#N)cc5F)n4)[C@@H]4CC[C@H]43)n(C[C@@H]3CCO3)c2c1. The van der Waals surface area contributed by atoms with Crippen molar-refractivity contribution in [1.29, 1.82) is 5.26 Å². The summed E-state index contributed by atoms with van der Waals surface area (Å²) in [5, 5.41) is 8.98. The third-order valence-electron chi connectivity index (χ3n) is 9.09. The van der Waals surface area contributed by atoms with Gasteiger partial charge >= 0.3 is 5.97 Å². The minimum Gasteiger partial charge on any atom is -0.473 e. The summed E-state index contributed by atoms with van der Waals surface area (Å²) in [6.45, 7) is 3.26. The van der Waals surface area contributed by atoms with Crippen molar-refractivity contribution in [3.63, 3.8) is 0 Å². The first-order valence-electron chi connectivity index (χ1n) is 15.1. The summed E-state index contributed by atoms with van der Waals surface area (Å²) in [4.78, 5) is 26.4. The largest absolute Gasteiger partial charge is 0.473 e. The molecule has 0 bridgehead atoms. The second-order valence-corrected chi connectivity index (χ2v) is 11.7. The Bertz CT molecular complexity index is 1800. The molecule has 4 aromatic rings. The van der Waals surface area contributed by atoms with Crippen LogP contribution in [-0.4, -0.2) is 70.4 Å². The maximum absolute atomic E-state index is 15.2. The van der Waals surface area contributed by atoms with Crippen LogP contribution in [0.5, 0.6) is 5.88 Å². The second kappa shape index (κ2) is 12.1. The lowest BCUT2D eigenvalue weighted by molar-refractivity contribution is -0.0594. The summed E-state index contributed by atoms with van der Waals surface area (Å²) in [7, 11) is 1.28. The highest BCUT2D eigenvalue weighted by molar-refractivity contribution is 5.94. The summed E-state index contributed by atoms with van der Waals surface area (Å²) in [5.74, 6) is 0.304. The zero-order valence-corrected chi connectivity index (χ0v) is 24.8. The van der Waals surface area contributed by atoms with Crippen LogP contribution in [0.4, 0.5) is 14.6 Å². The van der Waals surface area contributed by atoms with Gasteiger partial charge in [-0.3, -0.25) is 4.90 Å². The maximum atomic E-state index is 15.2. The number of nitrogens with zero attached hydrogens (tertiary/aromatic N) is 6. The molecule has 232 valence electrons. The molecule has 0 N–H and O–H groups in total. The average Bonchev–Trinajstić information content (AvgIpc) is 3.35. The summed E-state index contributed by atoms with van der Waals surface area (Å²) in [5.41, 5.74) is 1.56. The number of carbonyl (C=O) groups is 1. The van der Waals surface area contributed by atoms with Crippen molar-refractivity contribution < 1.29 is 27.8 Å². The van der Waals surface area contributed by atoms with Gasteiger partial charge in [-0.25, -0.2) is 18.6 Å². The average molecular weight is 615 g/mol. The van der Waals surface area contributed by atoms with Crippen molar-refractivity contribution in [1.82, 2.24) is 19.4 Å². The van der Waals surface area contributed by atoms with Crippen LogP contribution in [0.2, 0.25) is 0 Å². The van der Waals surface area contributed by atoms with Crippen molar-refractivity contribution in [2.75, 3.05) is 31.7 Å². The fourth-order valence-electron chi connectivity index (χ4n) is 6.44.